The van der Waals surface area contributed by atoms with E-state index in [0.717, 1.165) is 0 Å². The van der Waals surface area contributed by atoms with Crippen LogP contribution in [0.4, 0.5) is 13.2 Å². The summed E-state index contributed by atoms with van der Waals surface area (Å²) >= 11 is 0. The third-order valence-corrected chi connectivity index (χ3v) is 3.05. The van der Waals surface area contributed by atoms with E-state index in [2.05, 4.69) is 0 Å². The van der Waals surface area contributed by atoms with Crippen molar-refractivity contribution in [2.24, 2.45) is 0 Å². The average Bonchev–Trinajstić information content (AvgIpc) is 2.45. The van der Waals surface area contributed by atoms with Crippen molar-refractivity contribution in [2.45, 2.75) is 6.10 Å². The zero-order valence-electron chi connectivity index (χ0n) is 11.4. The lowest BCUT2D eigenvalue weighted by molar-refractivity contribution is 0.203. The Morgan fingerprint density at radius 2 is 1.57 bits per heavy atom. The van der Waals surface area contributed by atoms with Gasteiger partial charge in [0.15, 0.2) is 0 Å². The average molecular weight is 298 g/mol. The van der Waals surface area contributed by atoms with Gasteiger partial charge in [0.25, 0.3) is 0 Å². The fraction of sp³-hybridized carbons (Fsp3) is 0.200. The molecule has 0 bridgehead atoms. The summed E-state index contributed by atoms with van der Waals surface area (Å²) in [5.41, 5.74) is -0.498. The molecule has 0 aromatic heterocycles. The monoisotopic (exact) mass is 298 g/mol. The van der Waals surface area contributed by atoms with Crippen LogP contribution < -0.4 is 9.47 Å². The number of hydrogen-bond acceptors (Lipinski definition) is 3. The van der Waals surface area contributed by atoms with Crippen molar-refractivity contribution in [3.8, 4) is 11.5 Å². The van der Waals surface area contributed by atoms with Gasteiger partial charge < -0.3 is 14.6 Å². The molecule has 0 heterocycles. The van der Waals surface area contributed by atoms with Crippen LogP contribution in [-0.4, -0.2) is 19.3 Å². The van der Waals surface area contributed by atoms with Crippen LogP contribution >= 0.6 is 0 Å². The molecule has 1 atom stereocenters. The summed E-state index contributed by atoms with van der Waals surface area (Å²) in [6, 6.07) is 5.43. The minimum Gasteiger partial charge on any atom is -0.497 e. The summed E-state index contributed by atoms with van der Waals surface area (Å²) in [7, 11) is 2.80. The summed E-state index contributed by atoms with van der Waals surface area (Å²) in [5, 5.41) is 10.2. The van der Waals surface area contributed by atoms with Gasteiger partial charge in [0.1, 0.15) is 35.1 Å². The first kappa shape index (κ1) is 15.2. The van der Waals surface area contributed by atoms with Crippen LogP contribution in [0.3, 0.4) is 0 Å². The lowest BCUT2D eigenvalue weighted by atomic mass is 9.99. The Morgan fingerprint density at radius 3 is 2.10 bits per heavy atom. The maximum Gasteiger partial charge on any atom is 0.135 e. The third kappa shape index (κ3) is 2.95. The van der Waals surface area contributed by atoms with Crippen molar-refractivity contribution >= 4 is 0 Å². The lowest BCUT2D eigenvalue weighted by Gasteiger charge is -2.17. The molecule has 0 saturated carbocycles. The first-order valence-electron chi connectivity index (χ1n) is 6.02. The number of methoxy groups -OCH3 is 2. The summed E-state index contributed by atoms with van der Waals surface area (Å²) in [6.07, 6.45) is -1.63. The molecule has 6 heteroatoms. The van der Waals surface area contributed by atoms with Gasteiger partial charge in [-0.05, 0) is 12.1 Å². The van der Waals surface area contributed by atoms with Gasteiger partial charge in [-0.15, -0.1) is 0 Å². The highest BCUT2D eigenvalue weighted by molar-refractivity contribution is 5.45. The predicted molar refractivity (Wildman–Crippen MR) is 69.9 cm³/mol. The number of benzene rings is 2. The van der Waals surface area contributed by atoms with E-state index in [0.29, 0.717) is 17.9 Å². The SMILES string of the molecule is COc1ccc(C(O)c2c(F)cc(F)cc2F)c(OC)c1. The number of hydrogen-bond donors (Lipinski definition) is 1. The smallest absolute Gasteiger partial charge is 0.135 e. The Labute approximate surface area is 119 Å². The van der Waals surface area contributed by atoms with E-state index in [9.17, 15) is 18.3 Å². The van der Waals surface area contributed by atoms with Crippen LogP contribution in [0, 0.1) is 17.5 Å². The molecule has 3 nitrogen and oxygen atoms in total. The van der Waals surface area contributed by atoms with E-state index in [1.807, 2.05) is 0 Å². The van der Waals surface area contributed by atoms with Gasteiger partial charge in [0.05, 0.1) is 19.8 Å². The maximum atomic E-state index is 13.7. The van der Waals surface area contributed by atoms with E-state index in [4.69, 9.17) is 9.47 Å². The van der Waals surface area contributed by atoms with Crippen molar-refractivity contribution < 1.29 is 27.8 Å². The summed E-state index contributed by atoms with van der Waals surface area (Å²) in [6.45, 7) is 0. The van der Waals surface area contributed by atoms with Gasteiger partial charge in [0, 0.05) is 23.8 Å². The molecule has 21 heavy (non-hydrogen) atoms. The molecule has 0 aliphatic heterocycles. The highest BCUT2D eigenvalue weighted by Gasteiger charge is 2.24. The zero-order chi connectivity index (χ0) is 15.6. The second-order valence-electron chi connectivity index (χ2n) is 4.29. The number of aliphatic hydroxyl groups excluding tert-OH is 1. The van der Waals surface area contributed by atoms with Crippen LogP contribution in [0.25, 0.3) is 0 Å². The van der Waals surface area contributed by atoms with Gasteiger partial charge >= 0.3 is 0 Å². The fourth-order valence-corrected chi connectivity index (χ4v) is 2.01. The lowest BCUT2D eigenvalue weighted by Crippen LogP contribution is -2.08. The molecule has 0 amide bonds. The molecular formula is C15H13F3O3. The van der Waals surface area contributed by atoms with Gasteiger partial charge in [-0.25, -0.2) is 13.2 Å². The van der Waals surface area contributed by atoms with Gasteiger partial charge in [-0.2, -0.15) is 0 Å². The number of halogens is 3. The first-order chi connectivity index (χ1) is 9.97. The molecule has 1 N–H and O–H groups in total. The molecule has 112 valence electrons. The highest BCUT2D eigenvalue weighted by atomic mass is 19.1. The topological polar surface area (TPSA) is 38.7 Å². The van der Waals surface area contributed by atoms with Gasteiger partial charge in [0.2, 0.25) is 0 Å². The third-order valence-electron chi connectivity index (χ3n) is 3.05. The van der Waals surface area contributed by atoms with Crippen molar-refractivity contribution in [1.29, 1.82) is 0 Å². The van der Waals surface area contributed by atoms with Crippen molar-refractivity contribution in [3.63, 3.8) is 0 Å². The Balaban J connectivity index is 2.52. The van der Waals surface area contributed by atoms with E-state index in [1.165, 1.54) is 32.4 Å². The van der Waals surface area contributed by atoms with Gasteiger partial charge in [-0.1, -0.05) is 0 Å². The Kier molecular flexibility index (Phi) is 4.37. The molecule has 0 saturated heterocycles. The molecule has 2 aromatic rings. The van der Waals surface area contributed by atoms with Crippen molar-refractivity contribution in [3.05, 3.63) is 58.9 Å². The van der Waals surface area contributed by atoms with Crippen molar-refractivity contribution in [2.75, 3.05) is 14.2 Å². The van der Waals surface area contributed by atoms with Crippen molar-refractivity contribution in [1.82, 2.24) is 0 Å². The van der Waals surface area contributed by atoms with Gasteiger partial charge in [-0.3, -0.25) is 0 Å². The van der Waals surface area contributed by atoms with Crippen LogP contribution in [0.15, 0.2) is 30.3 Å². The summed E-state index contributed by atoms with van der Waals surface area (Å²) < 4.78 is 50.4. The molecular weight excluding hydrogens is 285 g/mol. The minimum absolute atomic E-state index is 0.141. The maximum absolute atomic E-state index is 13.7. The van der Waals surface area contributed by atoms with Crippen LogP contribution in [0.2, 0.25) is 0 Å². The quantitative estimate of drug-likeness (QED) is 0.942. The van der Waals surface area contributed by atoms with Crippen LogP contribution in [-0.2, 0) is 0 Å². The number of ether oxygens (including phenoxy) is 2. The fourth-order valence-electron chi connectivity index (χ4n) is 2.01. The molecule has 0 fully saturated rings. The summed E-state index contributed by atoms with van der Waals surface area (Å²) in [5.74, 6) is -2.73. The minimum atomic E-state index is -1.63. The van der Waals surface area contributed by atoms with E-state index in [-0.39, 0.29) is 11.3 Å². The van der Waals surface area contributed by atoms with Crippen LogP contribution in [0.1, 0.15) is 17.2 Å². The molecule has 0 aliphatic carbocycles. The number of aliphatic hydroxyl groups is 1. The predicted octanol–water partition coefficient (Wildman–Crippen LogP) is 3.20. The second-order valence-corrected chi connectivity index (χ2v) is 4.29. The molecule has 0 radical (unpaired) electrons. The Bertz CT molecular complexity index is 636. The second kappa shape index (κ2) is 6.05. The molecule has 2 aromatic carbocycles. The van der Waals surface area contributed by atoms with E-state index in [1.54, 1.807) is 0 Å². The first-order valence-corrected chi connectivity index (χ1v) is 6.02. The molecule has 2 rings (SSSR count). The summed E-state index contributed by atoms with van der Waals surface area (Å²) in [4.78, 5) is 0. The van der Waals surface area contributed by atoms with E-state index < -0.39 is 29.1 Å². The van der Waals surface area contributed by atoms with E-state index >= 15 is 0 Å². The molecule has 1 unspecified atom stereocenters. The van der Waals surface area contributed by atoms with Crippen LogP contribution in [0.5, 0.6) is 11.5 Å². The Morgan fingerprint density at radius 1 is 0.952 bits per heavy atom. The molecule has 0 spiro atoms. The highest BCUT2D eigenvalue weighted by Crippen LogP contribution is 2.35. The molecule has 0 aliphatic rings. The standard InChI is InChI=1S/C15H13F3O3/c1-20-9-3-4-10(13(7-9)21-2)15(19)14-11(17)5-8(16)6-12(14)18/h3-7,15,19H,1-2H3. The largest absolute Gasteiger partial charge is 0.497 e. The normalized spacial score (nSPS) is 12.1. The number of rotatable bonds is 4. The Hall–Kier alpha value is -2.21. The zero-order valence-corrected chi connectivity index (χ0v) is 11.4.